The van der Waals surface area contributed by atoms with Crippen LogP contribution in [0.2, 0.25) is 0 Å². The molecule has 6 heteroatoms. The molecule has 0 fully saturated rings. The zero-order valence-electron chi connectivity index (χ0n) is 17.7. The van der Waals surface area contributed by atoms with Crippen molar-refractivity contribution in [3.63, 3.8) is 0 Å². The van der Waals surface area contributed by atoms with E-state index in [9.17, 15) is 9.59 Å². The molecule has 0 spiro atoms. The van der Waals surface area contributed by atoms with E-state index >= 15 is 0 Å². The van der Waals surface area contributed by atoms with Crippen molar-refractivity contribution in [2.24, 2.45) is 0 Å². The maximum atomic E-state index is 12.3. The minimum Gasteiger partial charge on any atom is -0.484 e. The Bertz CT molecular complexity index is 1060. The van der Waals surface area contributed by atoms with Crippen LogP contribution in [-0.2, 0) is 10.2 Å². The van der Waals surface area contributed by atoms with Gasteiger partial charge in [0.15, 0.2) is 6.61 Å². The second kappa shape index (κ2) is 9.79. The molecule has 0 heterocycles. The second-order valence-corrected chi connectivity index (χ2v) is 8.98. The maximum Gasteiger partial charge on any atom is 0.276 e. The largest absolute Gasteiger partial charge is 0.484 e. The molecule has 31 heavy (non-hydrogen) atoms. The fraction of sp³-hybridized carbons (Fsp3) is 0.200. The van der Waals surface area contributed by atoms with Crippen LogP contribution in [0.25, 0.3) is 11.1 Å². The van der Waals surface area contributed by atoms with Gasteiger partial charge >= 0.3 is 0 Å². The topological polar surface area (TPSA) is 67.4 Å². The maximum absolute atomic E-state index is 12.3. The highest BCUT2D eigenvalue weighted by atomic mass is 79.9. The van der Waals surface area contributed by atoms with Crippen molar-refractivity contribution in [3.8, 4) is 16.9 Å². The van der Waals surface area contributed by atoms with E-state index < -0.39 is 11.8 Å². The van der Waals surface area contributed by atoms with Crippen molar-refractivity contribution in [3.05, 3.63) is 88.4 Å². The van der Waals surface area contributed by atoms with E-state index in [1.165, 1.54) is 0 Å². The molecule has 0 bridgehead atoms. The molecule has 3 rings (SSSR count). The van der Waals surface area contributed by atoms with Crippen molar-refractivity contribution in [1.29, 1.82) is 0 Å². The highest BCUT2D eigenvalue weighted by molar-refractivity contribution is 9.10. The van der Waals surface area contributed by atoms with E-state index in [2.05, 4.69) is 47.6 Å². The number of hydrazine groups is 1. The van der Waals surface area contributed by atoms with Gasteiger partial charge in [0.25, 0.3) is 11.8 Å². The van der Waals surface area contributed by atoms with Gasteiger partial charge in [0.2, 0.25) is 0 Å². The van der Waals surface area contributed by atoms with Crippen LogP contribution in [0.1, 0.15) is 36.7 Å². The van der Waals surface area contributed by atoms with Gasteiger partial charge in [-0.25, -0.2) is 0 Å². The van der Waals surface area contributed by atoms with Crippen LogP contribution < -0.4 is 15.6 Å². The third-order valence-corrected chi connectivity index (χ3v) is 5.34. The molecule has 0 atom stereocenters. The van der Waals surface area contributed by atoms with Crippen LogP contribution in [0.3, 0.4) is 0 Å². The normalized spacial score (nSPS) is 11.0. The number of carbonyl (C=O) groups is 2. The molecule has 3 aromatic carbocycles. The molecule has 0 saturated heterocycles. The summed E-state index contributed by atoms with van der Waals surface area (Å²) in [6, 6.07) is 22.9. The highest BCUT2D eigenvalue weighted by Crippen LogP contribution is 2.30. The molecule has 0 radical (unpaired) electrons. The first-order chi connectivity index (χ1) is 14.7. The fourth-order valence-corrected chi connectivity index (χ4v) is 4.00. The molecule has 5 nitrogen and oxygen atoms in total. The van der Waals surface area contributed by atoms with E-state index in [-0.39, 0.29) is 12.0 Å². The van der Waals surface area contributed by atoms with E-state index in [1.54, 1.807) is 12.1 Å². The Morgan fingerprint density at radius 2 is 1.52 bits per heavy atom. The third-order valence-electron chi connectivity index (χ3n) is 4.69. The number of nitrogens with one attached hydrogen (secondary N) is 2. The smallest absolute Gasteiger partial charge is 0.276 e. The van der Waals surface area contributed by atoms with E-state index in [4.69, 9.17) is 4.74 Å². The molecule has 2 N–H and O–H groups in total. The van der Waals surface area contributed by atoms with Gasteiger partial charge in [0, 0.05) is 10.0 Å². The van der Waals surface area contributed by atoms with Crippen LogP contribution in [-0.4, -0.2) is 18.4 Å². The standard InChI is InChI=1S/C25H25BrN2O3/c1-25(2,3)21-14-11-19(15-22(21)26)24(30)28-27-23(29)16-31-20-12-9-18(10-13-20)17-7-5-4-6-8-17/h4-15H,16H2,1-3H3,(H,27,29)(H,28,30). The molecule has 0 saturated carbocycles. The average Bonchev–Trinajstić information content (AvgIpc) is 2.76. The summed E-state index contributed by atoms with van der Waals surface area (Å²) in [4.78, 5) is 24.4. The number of amides is 2. The summed E-state index contributed by atoms with van der Waals surface area (Å²) in [5.74, 6) is -0.282. The Morgan fingerprint density at radius 3 is 2.13 bits per heavy atom. The Kier molecular flexibility index (Phi) is 7.13. The zero-order chi connectivity index (χ0) is 22.4. The summed E-state index contributed by atoms with van der Waals surface area (Å²) in [7, 11) is 0. The first-order valence-corrected chi connectivity index (χ1v) is 10.7. The van der Waals surface area contributed by atoms with Crippen molar-refractivity contribution in [2.75, 3.05) is 6.61 Å². The molecule has 3 aromatic rings. The van der Waals surface area contributed by atoms with Crippen LogP contribution in [0.15, 0.2) is 77.3 Å². The lowest BCUT2D eigenvalue weighted by Crippen LogP contribution is -2.43. The molecule has 160 valence electrons. The summed E-state index contributed by atoms with van der Waals surface area (Å²) in [5.41, 5.74) is 8.45. The minimum atomic E-state index is -0.453. The Balaban J connectivity index is 1.49. The third kappa shape index (κ3) is 6.18. The number of carbonyl (C=O) groups excluding carboxylic acids is 2. The number of benzene rings is 3. The highest BCUT2D eigenvalue weighted by Gasteiger charge is 2.18. The molecule has 0 aliphatic heterocycles. The van der Waals surface area contributed by atoms with Gasteiger partial charge in [-0.15, -0.1) is 0 Å². The lowest BCUT2D eigenvalue weighted by Gasteiger charge is -2.21. The van der Waals surface area contributed by atoms with Gasteiger partial charge in [-0.3, -0.25) is 20.4 Å². The molecule has 0 aromatic heterocycles. The molecule has 2 amide bonds. The second-order valence-electron chi connectivity index (χ2n) is 8.13. The monoisotopic (exact) mass is 480 g/mol. The fourth-order valence-electron chi connectivity index (χ4n) is 3.02. The van der Waals surface area contributed by atoms with Crippen LogP contribution in [0.4, 0.5) is 0 Å². The number of rotatable bonds is 5. The van der Waals surface area contributed by atoms with Gasteiger partial charge in [0.05, 0.1) is 0 Å². The molecule has 0 aliphatic rings. The van der Waals surface area contributed by atoms with Gasteiger partial charge in [-0.1, -0.05) is 85.2 Å². The van der Waals surface area contributed by atoms with E-state index in [0.29, 0.717) is 11.3 Å². The van der Waals surface area contributed by atoms with Gasteiger partial charge in [-0.2, -0.15) is 0 Å². The van der Waals surface area contributed by atoms with E-state index in [1.807, 2.05) is 60.7 Å². The zero-order valence-corrected chi connectivity index (χ0v) is 19.3. The summed E-state index contributed by atoms with van der Waals surface area (Å²) in [6.07, 6.45) is 0. The van der Waals surface area contributed by atoms with Crippen molar-refractivity contribution in [1.82, 2.24) is 10.9 Å². The van der Waals surface area contributed by atoms with E-state index in [0.717, 1.165) is 21.2 Å². The predicted molar refractivity (Wildman–Crippen MR) is 126 cm³/mol. The Morgan fingerprint density at radius 1 is 0.871 bits per heavy atom. The molecular weight excluding hydrogens is 456 g/mol. The molecule has 0 unspecified atom stereocenters. The summed E-state index contributed by atoms with van der Waals surface area (Å²) in [6.45, 7) is 6.09. The number of hydrogen-bond acceptors (Lipinski definition) is 3. The van der Waals surface area contributed by atoms with Gasteiger partial charge in [-0.05, 0) is 46.4 Å². The van der Waals surface area contributed by atoms with Crippen LogP contribution in [0, 0.1) is 0 Å². The lowest BCUT2D eigenvalue weighted by atomic mass is 9.86. The summed E-state index contributed by atoms with van der Waals surface area (Å²) >= 11 is 3.51. The lowest BCUT2D eigenvalue weighted by molar-refractivity contribution is -0.123. The molecular formula is C25H25BrN2O3. The minimum absolute atomic E-state index is 0.0430. The van der Waals surface area contributed by atoms with Crippen molar-refractivity contribution < 1.29 is 14.3 Å². The number of ether oxygens (including phenoxy) is 1. The summed E-state index contributed by atoms with van der Waals surface area (Å²) < 4.78 is 6.35. The summed E-state index contributed by atoms with van der Waals surface area (Å²) in [5, 5.41) is 0. The number of hydrogen-bond donors (Lipinski definition) is 2. The molecule has 0 aliphatic carbocycles. The van der Waals surface area contributed by atoms with Crippen molar-refractivity contribution >= 4 is 27.7 Å². The average molecular weight is 481 g/mol. The van der Waals surface area contributed by atoms with Gasteiger partial charge in [0.1, 0.15) is 5.75 Å². The van der Waals surface area contributed by atoms with Crippen LogP contribution in [0.5, 0.6) is 5.75 Å². The Hall–Kier alpha value is -3.12. The van der Waals surface area contributed by atoms with Crippen LogP contribution >= 0.6 is 15.9 Å². The predicted octanol–water partition coefficient (Wildman–Crippen LogP) is 5.25. The SMILES string of the molecule is CC(C)(C)c1ccc(C(=O)NNC(=O)COc2ccc(-c3ccccc3)cc2)cc1Br. The van der Waals surface area contributed by atoms with Gasteiger partial charge < -0.3 is 4.74 Å². The first kappa shape index (κ1) is 22.6. The van der Waals surface area contributed by atoms with Crippen molar-refractivity contribution in [2.45, 2.75) is 26.2 Å². The number of halogens is 1. The first-order valence-electron chi connectivity index (χ1n) is 9.91. The quantitative estimate of drug-likeness (QED) is 0.489. The Labute approximate surface area is 190 Å².